The molecule has 0 saturated carbocycles. The molecule has 0 bridgehead atoms. The molecule has 0 unspecified atom stereocenters. The van der Waals surface area contributed by atoms with Crippen molar-refractivity contribution in [2.75, 3.05) is 19.8 Å². The highest BCUT2D eigenvalue weighted by Crippen LogP contribution is 2.20. The maximum absolute atomic E-state index is 10.6. The van der Waals surface area contributed by atoms with Gasteiger partial charge in [-0.1, -0.05) is 4.98 Å². The lowest BCUT2D eigenvalue weighted by Gasteiger charge is -2.25. The van der Waals surface area contributed by atoms with E-state index in [1.54, 1.807) is 0 Å². The molecule has 0 aliphatic carbocycles. The average molecular weight is 231 g/mol. The van der Waals surface area contributed by atoms with Crippen molar-refractivity contribution < 1.29 is 20.2 Å². The summed E-state index contributed by atoms with van der Waals surface area (Å²) in [6.07, 6.45) is 2.60. The Hall–Kier alpha value is -1.51. The van der Waals surface area contributed by atoms with E-state index in [2.05, 4.69) is 4.98 Å². The van der Waals surface area contributed by atoms with E-state index in [-0.39, 0.29) is 12.5 Å². The van der Waals surface area contributed by atoms with Crippen LogP contribution in [0.4, 0.5) is 5.95 Å². The number of hydrogen-bond acceptors (Lipinski definition) is 6. The maximum atomic E-state index is 10.6. The van der Waals surface area contributed by atoms with Crippen LogP contribution in [0.15, 0.2) is 12.4 Å². The van der Waals surface area contributed by atoms with Crippen LogP contribution in [-0.4, -0.2) is 49.6 Å². The van der Waals surface area contributed by atoms with E-state index in [4.69, 9.17) is 15.3 Å². The molecule has 1 aromatic rings. The first-order chi connectivity index (χ1) is 7.58. The molecule has 0 atom stereocenters. The van der Waals surface area contributed by atoms with Crippen LogP contribution in [0.2, 0.25) is 0 Å². The molecule has 1 heterocycles. The third-order valence-electron chi connectivity index (χ3n) is 2.37. The van der Waals surface area contributed by atoms with Gasteiger partial charge >= 0.3 is 5.95 Å². The van der Waals surface area contributed by atoms with Crippen LogP contribution in [0.1, 0.15) is 0 Å². The van der Waals surface area contributed by atoms with Crippen LogP contribution in [0.3, 0.4) is 0 Å². The monoisotopic (exact) mass is 231 g/mol. The molecule has 0 aliphatic heterocycles. The zero-order valence-electron chi connectivity index (χ0n) is 8.48. The van der Waals surface area contributed by atoms with E-state index < -0.39 is 30.2 Å². The molecule has 0 aromatic carbocycles. The minimum atomic E-state index is -1.19. The smallest absolute Gasteiger partial charge is 0.395 e. The van der Waals surface area contributed by atoms with E-state index in [9.17, 15) is 10.1 Å². The molecule has 16 heavy (non-hydrogen) atoms. The highest BCUT2D eigenvalue weighted by Gasteiger charge is 2.32. The minimum absolute atomic E-state index is 0.0766. The number of hydrogen-bond donors (Lipinski definition) is 3. The Kier molecular flexibility index (Phi) is 3.93. The quantitative estimate of drug-likeness (QED) is 0.415. The first-order valence-corrected chi connectivity index (χ1v) is 4.56. The Labute approximate surface area is 90.9 Å². The molecule has 3 N–H and O–H groups in total. The van der Waals surface area contributed by atoms with Gasteiger partial charge in [0.1, 0.15) is 12.4 Å². The van der Waals surface area contributed by atoms with Crippen molar-refractivity contribution in [3.63, 3.8) is 0 Å². The molecule has 8 heteroatoms. The second-order valence-corrected chi connectivity index (χ2v) is 3.59. The van der Waals surface area contributed by atoms with Crippen molar-refractivity contribution >= 4 is 5.95 Å². The van der Waals surface area contributed by atoms with Gasteiger partial charge in [0, 0.05) is 0 Å². The van der Waals surface area contributed by atoms with Crippen molar-refractivity contribution in [1.29, 1.82) is 0 Å². The van der Waals surface area contributed by atoms with E-state index in [0.717, 1.165) is 0 Å². The Bertz CT molecular complexity index is 352. The lowest BCUT2D eigenvalue weighted by atomic mass is 9.91. The number of aliphatic hydroxyl groups is 3. The third-order valence-corrected chi connectivity index (χ3v) is 2.37. The first-order valence-electron chi connectivity index (χ1n) is 4.56. The van der Waals surface area contributed by atoms with Gasteiger partial charge in [0.2, 0.25) is 0 Å². The summed E-state index contributed by atoms with van der Waals surface area (Å²) < 4.78 is 1.17. The summed E-state index contributed by atoms with van der Waals surface area (Å²) in [6.45, 7) is -1.51. The summed E-state index contributed by atoms with van der Waals surface area (Å²) in [4.78, 5) is 13.4. The van der Waals surface area contributed by atoms with Crippen LogP contribution >= 0.6 is 0 Å². The summed E-state index contributed by atoms with van der Waals surface area (Å²) in [5, 5.41) is 37.8. The second-order valence-electron chi connectivity index (χ2n) is 3.59. The normalized spacial score (nSPS) is 11.7. The van der Waals surface area contributed by atoms with Crippen LogP contribution in [0, 0.1) is 15.5 Å². The van der Waals surface area contributed by atoms with Crippen molar-refractivity contribution in [3.05, 3.63) is 22.5 Å². The largest absolute Gasteiger partial charge is 0.434 e. The second kappa shape index (κ2) is 5.01. The number of nitro groups is 1. The van der Waals surface area contributed by atoms with Gasteiger partial charge in [0.25, 0.3) is 0 Å². The first kappa shape index (κ1) is 12.6. The molecule has 0 radical (unpaired) electrons. The van der Waals surface area contributed by atoms with E-state index in [1.165, 1.54) is 17.0 Å². The molecule has 90 valence electrons. The van der Waals surface area contributed by atoms with Crippen LogP contribution < -0.4 is 0 Å². The Morgan fingerprint density at radius 3 is 2.38 bits per heavy atom. The summed E-state index contributed by atoms with van der Waals surface area (Å²) >= 11 is 0. The Morgan fingerprint density at radius 2 is 1.94 bits per heavy atom. The molecular formula is C8H13N3O5. The van der Waals surface area contributed by atoms with Crippen LogP contribution in [-0.2, 0) is 6.54 Å². The Balaban J connectivity index is 2.93. The van der Waals surface area contributed by atoms with Crippen LogP contribution in [0.5, 0.6) is 0 Å². The van der Waals surface area contributed by atoms with E-state index in [1.807, 2.05) is 0 Å². The van der Waals surface area contributed by atoms with E-state index in [0.29, 0.717) is 0 Å². The van der Waals surface area contributed by atoms with E-state index >= 15 is 0 Å². The molecule has 0 amide bonds. The van der Waals surface area contributed by atoms with Gasteiger partial charge in [0.05, 0.1) is 31.8 Å². The van der Waals surface area contributed by atoms with Crippen molar-refractivity contribution in [2.45, 2.75) is 6.54 Å². The number of nitrogens with zero attached hydrogens (tertiary/aromatic N) is 3. The summed E-state index contributed by atoms with van der Waals surface area (Å²) in [7, 11) is 0. The van der Waals surface area contributed by atoms with Gasteiger partial charge in [-0.25, -0.2) is 4.57 Å². The predicted molar refractivity (Wildman–Crippen MR) is 52.6 cm³/mol. The fourth-order valence-electron chi connectivity index (χ4n) is 1.26. The lowest BCUT2D eigenvalue weighted by molar-refractivity contribution is -0.397. The summed E-state index contributed by atoms with van der Waals surface area (Å²) in [5.41, 5.74) is -1.19. The molecule has 8 nitrogen and oxygen atoms in total. The highest BCUT2D eigenvalue weighted by molar-refractivity contribution is 5.07. The molecule has 1 aromatic heterocycles. The predicted octanol–water partition coefficient (Wildman–Crippen LogP) is -1.25. The number of imidazole rings is 1. The summed E-state index contributed by atoms with van der Waals surface area (Å²) in [6, 6.07) is 0. The number of aliphatic hydroxyl groups excluding tert-OH is 3. The van der Waals surface area contributed by atoms with Crippen molar-refractivity contribution in [3.8, 4) is 0 Å². The molecular weight excluding hydrogens is 218 g/mol. The topological polar surface area (TPSA) is 122 Å². The molecule has 0 saturated heterocycles. The molecule has 0 aliphatic rings. The van der Waals surface area contributed by atoms with Gasteiger partial charge in [-0.05, 0) is 4.92 Å². The third kappa shape index (κ3) is 2.35. The SMILES string of the molecule is O=[N+]([O-])c1nccn1CC(CO)(CO)CO. The molecule has 0 fully saturated rings. The minimum Gasteiger partial charge on any atom is -0.395 e. The van der Waals surface area contributed by atoms with Gasteiger partial charge in [-0.2, -0.15) is 0 Å². The lowest BCUT2D eigenvalue weighted by Crippen LogP contribution is -2.38. The van der Waals surface area contributed by atoms with Crippen molar-refractivity contribution in [1.82, 2.24) is 9.55 Å². The zero-order valence-corrected chi connectivity index (χ0v) is 8.48. The average Bonchev–Trinajstić information content (AvgIpc) is 2.74. The van der Waals surface area contributed by atoms with Crippen molar-refractivity contribution in [2.24, 2.45) is 5.41 Å². The maximum Gasteiger partial charge on any atom is 0.434 e. The van der Waals surface area contributed by atoms with Gasteiger partial charge in [-0.15, -0.1) is 0 Å². The van der Waals surface area contributed by atoms with Crippen LogP contribution in [0.25, 0.3) is 0 Å². The van der Waals surface area contributed by atoms with Gasteiger partial charge in [0.15, 0.2) is 0 Å². The fourth-order valence-corrected chi connectivity index (χ4v) is 1.26. The summed E-state index contributed by atoms with van der Waals surface area (Å²) in [5.74, 6) is -0.389. The fraction of sp³-hybridized carbons (Fsp3) is 0.625. The van der Waals surface area contributed by atoms with Gasteiger partial charge in [-0.3, -0.25) is 0 Å². The molecule has 0 spiro atoms. The zero-order chi connectivity index (χ0) is 12.2. The number of aromatic nitrogens is 2. The Morgan fingerprint density at radius 1 is 1.38 bits per heavy atom. The van der Waals surface area contributed by atoms with Gasteiger partial charge < -0.3 is 25.4 Å². The molecule has 1 rings (SSSR count). The highest BCUT2D eigenvalue weighted by atomic mass is 16.6. The number of rotatable bonds is 6. The standard InChI is InChI=1S/C8H13N3O5/c12-4-8(5-13,6-14)3-10-2-1-9-7(10)11(15)16/h1-2,12-14H,3-6H2.